The molecule has 3 rings (SSSR count). The molecule has 17 heavy (non-hydrogen) atoms. The summed E-state index contributed by atoms with van der Waals surface area (Å²) in [5.41, 5.74) is 4.57. The summed E-state index contributed by atoms with van der Waals surface area (Å²) < 4.78 is 0. The van der Waals surface area contributed by atoms with Crippen LogP contribution < -0.4 is 5.32 Å². The van der Waals surface area contributed by atoms with Gasteiger partial charge < -0.3 is 5.32 Å². The zero-order valence-electron chi connectivity index (χ0n) is 9.77. The Morgan fingerprint density at radius 3 is 2.82 bits per heavy atom. The van der Waals surface area contributed by atoms with Gasteiger partial charge in [0.25, 0.3) is 0 Å². The molecule has 0 atom stereocenters. The minimum Gasteiger partial charge on any atom is -0.312 e. The van der Waals surface area contributed by atoms with Crippen LogP contribution in [0.25, 0.3) is 11.3 Å². The fourth-order valence-corrected chi connectivity index (χ4v) is 2.22. The number of aromatic nitrogens is 3. The Hall–Kier alpha value is -1.81. The van der Waals surface area contributed by atoms with Gasteiger partial charge in [0.2, 0.25) is 0 Å². The first kappa shape index (κ1) is 10.4. The van der Waals surface area contributed by atoms with Crippen LogP contribution in [0.15, 0.2) is 24.5 Å². The lowest BCUT2D eigenvalue weighted by Gasteiger charge is -2.19. The summed E-state index contributed by atoms with van der Waals surface area (Å²) in [6.45, 7) is 3.81. The highest BCUT2D eigenvalue weighted by Crippen LogP contribution is 2.24. The summed E-state index contributed by atoms with van der Waals surface area (Å²) in [7, 11) is 0. The van der Waals surface area contributed by atoms with Crippen LogP contribution in [0.3, 0.4) is 0 Å². The van der Waals surface area contributed by atoms with Crippen molar-refractivity contribution in [1.29, 1.82) is 0 Å². The maximum Gasteiger partial charge on any atom is 0.126 e. The molecule has 1 aliphatic heterocycles. The third-order valence-corrected chi connectivity index (χ3v) is 3.00. The molecule has 2 aromatic rings. The molecule has 0 bridgehead atoms. The SMILES string of the molecule is Cc1nc2c(c(-c3ccncc3)n1)CNCC2. The lowest BCUT2D eigenvalue weighted by molar-refractivity contribution is 0.624. The first-order chi connectivity index (χ1) is 8.34. The van der Waals surface area contributed by atoms with Gasteiger partial charge in [-0.1, -0.05) is 0 Å². The van der Waals surface area contributed by atoms with Crippen LogP contribution in [-0.4, -0.2) is 21.5 Å². The molecular weight excluding hydrogens is 212 g/mol. The molecule has 0 fully saturated rings. The molecule has 0 saturated carbocycles. The molecule has 0 amide bonds. The number of nitrogens with zero attached hydrogens (tertiary/aromatic N) is 3. The highest BCUT2D eigenvalue weighted by Gasteiger charge is 2.17. The number of rotatable bonds is 1. The van der Waals surface area contributed by atoms with Gasteiger partial charge in [0.15, 0.2) is 0 Å². The molecule has 0 aromatic carbocycles. The van der Waals surface area contributed by atoms with E-state index in [1.807, 2.05) is 19.1 Å². The van der Waals surface area contributed by atoms with Crippen LogP contribution in [0.4, 0.5) is 0 Å². The van der Waals surface area contributed by atoms with Crippen molar-refractivity contribution in [1.82, 2.24) is 20.3 Å². The van der Waals surface area contributed by atoms with Gasteiger partial charge in [0.1, 0.15) is 5.82 Å². The van der Waals surface area contributed by atoms with Crippen molar-refractivity contribution in [2.24, 2.45) is 0 Å². The fraction of sp³-hybridized carbons (Fsp3) is 0.308. The minimum atomic E-state index is 0.845. The van der Waals surface area contributed by atoms with Crippen molar-refractivity contribution in [2.75, 3.05) is 6.54 Å². The predicted octanol–water partition coefficient (Wildman–Crippen LogP) is 1.49. The minimum absolute atomic E-state index is 0.845. The number of nitrogens with one attached hydrogen (secondary N) is 1. The van der Waals surface area contributed by atoms with Crippen molar-refractivity contribution < 1.29 is 0 Å². The molecule has 0 radical (unpaired) electrons. The number of pyridine rings is 1. The lowest BCUT2D eigenvalue weighted by Crippen LogP contribution is -2.26. The maximum absolute atomic E-state index is 4.58. The van der Waals surface area contributed by atoms with E-state index in [0.29, 0.717) is 0 Å². The van der Waals surface area contributed by atoms with E-state index >= 15 is 0 Å². The van der Waals surface area contributed by atoms with E-state index in [1.165, 1.54) is 11.3 Å². The zero-order valence-corrected chi connectivity index (χ0v) is 9.77. The molecule has 4 heteroatoms. The van der Waals surface area contributed by atoms with Gasteiger partial charge >= 0.3 is 0 Å². The van der Waals surface area contributed by atoms with E-state index in [1.54, 1.807) is 12.4 Å². The van der Waals surface area contributed by atoms with Crippen LogP contribution >= 0.6 is 0 Å². The van der Waals surface area contributed by atoms with Crippen LogP contribution in [0.1, 0.15) is 17.1 Å². The smallest absolute Gasteiger partial charge is 0.126 e. The first-order valence-corrected chi connectivity index (χ1v) is 5.82. The van der Waals surface area contributed by atoms with Crippen molar-refractivity contribution in [3.8, 4) is 11.3 Å². The summed E-state index contributed by atoms with van der Waals surface area (Å²) in [5, 5.41) is 3.37. The van der Waals surface area contributed by atoms with E-state index in [9.17, 15) is 0 Å². The summed E-state index contributed by atoms with van der Waals surface area (Å²) in [6, 6.07) is 3.99. The zero-order chi connectivity index (χ0) is 11.7. The summed E-state index contributed by atoms with van der Waals surface area (Å²) >= 11 is 0. The van der Waals surface area contributed by atoms with Gasteiger partial charge in [0, 0.05) is 43.0 Å². The monoisotopic (exact) mass is 226 g/mol. The Balaban J connectivity index is 2.19. The van der Waals surface area contributed by atoms with Gasteiger partial charge in [-0.25, -0.2) is 9.97 Å². The van der Waals surface area contributed by atoms with Gasteiger partial charge in [-0.3, -0.25) is 4.98 Å². The van der Waals surface area contributed by atoms with Crippen LogP contribution in [0.2, 0.25) is 0 Å². The third-order valence-electron chi connectivity index (χ3n) is 3.00. The second kappa shape index (κ2) is 4.22. The quantitative estimate of drug-likeness (QED) is 0.800. The number of aryl methyl sites for hydroxylation is 1. The molecular formula is C13H14N4. The van der Waals surface area contributed by atoms with Gasteiger partial charge in [0.05, 0.1) is 11.4 Å². The molecule has 0 aliphatic carbocycles. The van der Waals surface area contributed by atoms with Gasteiger partial charge in [-0.05, 0) is 19.1 Å². The normalized spacial score (nSPS) is 14.4. The highest BCUT2D eigenvalue weighted by atomic mass is 14.9. The van der Waals surface area contributed by atoms with Crippen molar-refractivity contribution in [2.45, 2.75) is 19.9 Å². The van der Waals surface area contributed by atoms with Crippen LogP contribution in [0.5, 0.6) is 0 Å². The average molecular weight is 226 g/mol. The Morgan fingerprint density at radius 1 is 1.18 bits per heavy atom. The fourth-order valence-electron chi connectivity index (χ4n) is 2.22. The number of fused-ring (bicyclic) bond motifs is 1. The van der Waals surface area contributed by atoms with Gasteiger partial charge in [-0.15, -0.1) is 0 Å². The topological polar surface area (TPSA) is 50.7 Å². The van der Waals surface area contributed by atoms with E-state index in [0.717, 1.165) is 36.6 Å². The van der Waals surface area contributed by atoms with Crippen LogP contribution in [-0.2, 0) is 13.0 Å². The molecule has 0 spiro atoms. The van der Waals surface area contributed by atoms with E-state index in [2.05, 4.69) is 20.3 Å². The van der Waals surface area contributed by atoms with Crippen molar-refractivity contribution in [3.05, 3.63) is 41.6 Å². The highest BCUT2D eigenvalue weighted by molar-refractivity contribution is 5.63. The van der Waals surface area contributed by atoms with Gasteiger partial charge in [-0.2, -0.15) is 0 Å². The van der Waals surface area contributed by atoms with E-state index < -0.39 is 0 Å². The van der Waals surface area contributed by atoms with E-state index in [-0.39, 0.29) is 0 Å². The number of hydrogen-bond donors (Lipinski definition) is 1. The van der Waals surface area contributed by atoms with E-state index in [4.69, 9.17) is 0 Å². The summed E-state index contributed by atoms with van der Waals surface area (Å²) in [4.78, 5) is 13.2. The standard InChI is InChI=1S/C13H14N4/c1-9-16-12-4-7-15-8-11(12)13(17-9)10-2-5-14-6-3-10/h2-3,5-6,15H,4,7-8H2,1H3. The van der Waals surface area contributed by atoms with Crippen molar-refractivity contribution >= 4 is 0 Å². The molecule has 0 saturated heterocycles. The Bertz CT molecular complexity index is 537. The lowest BCUT2D eigenvalue weighted by atomic mass is 10.0. The average Bonchev–Trinajstić information content (AvgIpc) is 2.39. The number of hydrogen-bond acceptors (Lipinski definition) is 4. The first-order valence-electron chi connectivity index (χ1n) is 5.82. The molecule has 1 aliphatic rings. The largest absolute Gasteiger partial charge is 0.312 e. The molecule has 86 valence electrons. The summed E-state index contributed by atoms with van der Waals surface area (Å²) in [5.74, 6) is 0.845. The molecule has 1 N–H and O–H groups in total. The summed E-state index contributed by atoms with van der Waals surface area (Å²) in [6.07, 6.45) is 4.58. The maximum atomic E-state index is 4.58. The third kappa shape index (κ3) is 1.91. The van der Waals surface area contributed by atoms with Crippen LogP contribution in [0, 0.1) is 6.92 Å². The second-order valence-electron chi connectivity index (χ2n) is 4.21. The Kier molecular flexibility index (Phi) is 2.57. The molecule has 2 aromatic heterocycles. The molecule has 4 nitrogen and oxygen atoms in total. The Labute approximate surface area is 100 Å². The van der Waals surface area contributed by atoms with Crippen molar-refractivity contribution in [3.63, 3.8) is 0 Å². The predicted molar refractivity (Wildman–Crippen MR) is 65.4 cm³/mol. The molecule has 3 heterocycles. The Morgan fingerprint density at radius 2 is 2.00 bits per heavy atom. The molecule has 0 unspecified atom stereocenters. The second-order valence-corrected chi connectivity index (χ2v) is 4.21.